The van der Waals surface area contributed by atoms with E-state index in [1.807, 2.05) is 0 Å². The average Bonchev–Trinajstić information content (AvgIpc) is 3.20. The van der Waals surface area contributed by atoms with E-state index in [0.29, 0.717) is 0 Å². The van der Waals surface area contributed by atoms with Crippen LogP contribution in [0, 0.1) is 0 Å². The van der Waals surface area contributed by atoms with Gasteiger partial charge in [-0.2, -0.15) is 0 Å². The van der Waals surface area contributed by atoms with Crippen LogP contribution in [0.3, 0.4) is 0 Å². The van der Waals surface area contributed by atoms with Gasteiger partial charge in [0.05, 0.1) is 0 Å². The minimum atomic E-state index is 1.06. The third-order valence-electron chi connectivity index (χ3n) is 5.94. The number of rotatable bonds is 3. The summed E-state index contributed by atoms with van der Waals surface area (Å²) in [5.74, 6) is 0. The van der Waals surface area contributed by atoms with Gasteiger partial charge in [-0.15, -0.1) is 0 Å². The van der Waals surface area contributed by atoms with Gasteiger partial charge in [-0.3, -0.25) is 0 Å². The molecule has 0 heterocycles. The summed E-state index contributed by atoms with van der Waals surface area (Å²) in [7, 11) is 0. The number of fused-ring (bicyclic) bond motifs is 7. The molecule has 0 aliphatic heterocycles. The lowest BCUT2D eigenvalue weighted by Gasteiger charge is -2.21. The molecule has 0 radical (unpaired) electrons. The molecule has 0 unspecified atom stereocenters. The molecule has 3 aromatic rings. The van der Waals surface area contributed by atoms with Gasteiger partial charge in [-0.1, -0.05) is 42.5 Å². The highest BCUT2D eigenvalue weighted by molar-refractivity contribution is 5.90. The molecule has 2 aliphatic rings. The molecule has 0 N–H and O–H groups in total. The first kappa shape index (κ1) is 14.8. The summed E-state index contributed by atoms with van der Waals surface area (Å²) in [5.41, 5.74) is 13.2. The van der Waals surface area contributed by atoms with E-state index in [2.05, 4.69) is 73.3 Å². The van der Waals surface area contributed by atoms with Crippen molar-refractivity contribution in [3.8, 4) is 22.3 Å². The fourth-order valence-corrected chi connectivity index (χ4v) is 4.70. The highest BCUT2D eigenvalue weighted by atomic mass is 15.1. The summed E-state index contributed by atoms with van der Waals surface area (Å²) in [5, 5.41) is 0. The van der Waals surface area contributed by atoms with E-state index in [9.17, 15) is 0 Å². The van der Waals surface area contributed by atoms with Crippen LogP contribution in [0.15, 0.2) is 54.6 Å². The number of hydrogen-bond donors (Lipinski definition) is 0. The summed E-state index contributed by atoms with van der Waals surface area (Å²) >= 11 is 0. The van der Waals surface area contributed by atoms with Crippen LogP contribution in [0.25, 0.3) is 22.3 Å². The topological polar surface area (TPSA) is 3.24 Å². The molecule has 1 nitrogen and oxygen atoms in total. The Morgan fingerprint density at radius 1 is 0.720 bits per heavy atom. The molecule has 2 aliphatic carbocycles. The van der Waals surface area contributed by atoms with Crippen LogP contribution < -0.4 is 4.90 Å². The van der Waals surface area contributed by atoms with Gasteiger partial charge in [0.1, 0.15) is 0 Å². The first-order chi connectivity index (χ1) is 12.3. The molecule has 0 fully saturated rings. The van der Waals surface area contributed by atoms with Crippen molar-refractivity contribution in [1.82, 2.24) is 0 Å². The second-order valence-electron chi connectivity index (χ2n) is 7.15. The van der Waals surface area contributed by atoms with Gasteiger partial charge in [0.2, 0.25) is 0 Å². The predicted molar refractivity (Wildman–Crippen MR) is 106 cm³/mol. The number of nitrogens with zero attached hydrogens (tertiary/aromatic N) is 1. The lowest BCUT2D eigenvalue weighted by Crippen LogP contribution is -2.21. The highest BCUT2D eigenvalue weighted by Gasteiger charge is 2.28. The Hall–Kier alpha value is -2.54. The van der Waals surface area contributed by atoms with Crippen molar-refractivity contribution in [2.45, 2.75) is 26.7 Å². The molecule has 0 saturated carbocycles. The summed E-state index contributed by atoms with van der Waals surface area (Å²) in [6.45, 7) is 6.59. The zero-order valence-corrected chi connectivity index (χ0v) is 15.0. The van der Waals surface area contributed by atoms with Crippen LogP contribution in [-0.2, 0) is 12.8 Å². The number of hydrogen-bond acceptors (Lipinski definition) is 1. The summed E-state index contributed by atoms with van der Waals surface area (Å²) in [6, 6.07) is 20.6. The fourth-order valence-electron chi connectivity index (χ4n) is 4.70. The maximum atomic E-state index is 2.43. The molecule has 0 aromatic heterocycles. The summed E-state index contributed by atoms with van der Waals surface area (Å²) < 4.78 is 0. The maximum Gasteiger partial charge on any atom is 0.0369 e. The van der Waals surface area contributed by atoms with Gasteiger partial charge in [0.15, 0.2) is 0 Å². The Labute approximate surface area is 149 Å². The zero-order valence-electron chi connectivity index (χ0n) is 15.0. The Bertz CT molecular complexity index is 979. The second kappa shape index (κ2) is 5.49. The van der Waals surface area contributed by atoms with Crippen LogP contribution in [0.4, 0.5) is 5.69 Å². The summed E-state index contributed by atoms with van der Waals surface area (Å²) in [4.78, 5) is 2.43. The van der Waals surface area contributed by atoms with Crippen molar-refractivity contribution in [1.29, 1.82) is 0 Å². The molecule has 0 spiro atoms. The normalized spacial score (nSPS) is 13.2. The zero-order chi connectivity index (χ0) is 17.0. The minimum Gasteiger partial charge on any atom is -0.372 e. The van der Waals surface area contributed by atoms with Crippen molar-refractivity contribution in [2.24, 2.45) is 0 Å². The van der Waals surface area contributed by atoms with Gasteiger partial charge in [0, 0.05) is 18.8 Å². The Morgan fingerprint density at radius 3 is 2.36 bits per heavy atom. The molecule has 0 saturated heterocycles. The van der Waals surface area contributed by atoms with Gasteiger partial charge in [0.25, 0.3) is 0 Å². The van der Waals surface area contributed by atoms with Gasteiger partial charge in [-0.25, -0.2) is 0 Å². The smallest absolute Gasteiger partial charge is 0.0369 e. The average molecular weight is 325 g/mol. The van der Waals surface area contributed by atoms with Crippen LogP contribution in [0.1, 0.15) is 36.1 Å². The second-order valence-corrected chi connectivity index (χ2v) is 7.15. The van der Waals surface area contributed by atoms with Crippen molar-refractivity contribution in [3.05, 3.63) is 76.9 Å². The maximum absolute atomic E-state index is 2.43. The summed E-state index contributed by atoms with van der Waals surface area (Å²) in [6.07, 6.45) is 2.15. The van der Waals surface area contributed by atoms with Crippen molar-refractivity contribution >= 4 is 5.69 Å². The lowest BCUT2D eigenvalue weighted by molar-refractivity contribution is 0.865. The van der Waals surface area contributed by atoms with Crippen LogP contribution in [0.5, 0.6) is 0 Å². The Kier molecular flexibility index (Phi) is 3.24. The largest absolute Gasteiger partial charge is 0.372 e. The third kappa shape index (κ3) is 2.08. The molecule has 124 valence electrons. The third-order valence-corrected chi connectivity index (χ3v) is 5.94. The molecule has 0 amide bonds. The Balaban J connectivity index is 1.65. The fraction of sp³-hybridized carbons (Fsp3) is 0.250. The van der Waals surface area contributed by atoms with Gasteiger partial charge in [-0.05, 0) is 83.3 Å². The molecule has 25 heavy (non-hydrogen) atoms. The van der Waals surface area contributed by atoms with Gasteiger partial charge < -0.3 is 4.90 Å². The minimum absolute atomic E-state index is 1.06. The van der Waals surface area contributed by atoms with Gasteiger partial charge >= 0.3 is 0 Å². The molecule has 5 rings (SSSR count). The van der Waals surface area contributed by atoms with Crippen molar-refractivity contribution < 1.29 is 0 Å². The van der Waals surface area contributed by atoms with Crippen LogP contribution in [-0.4, -0.2) is 13.1 Å². The highest BCUT2D eigenvalue weighted by Crippen LogP contribution is 2.47. The molecular weight excluding hydrogens is 302 g/mol. The monoisotopic (exact) mass is 325 g/mol. The van der Waals surface area contributed by atoms with Crippen molar-refractivity contribution in [3.63, 3.8) is 0 Å². The Morgan fingerprint density at radius 2 is 1.52 bits per heavy atom. The van der Waals surface area contributed by atoms with E-state index in [4.69, 9.17) is 0 Å². The lowest BCUT2D eigenvalue weighted by atomic mass is 9.95. The van der Waals surface area contributed by atoms with Crippen molar-refractivity contribution in [2.75, 3.05) is 18.0 Å². The van der Waals surface area contributed by atoms with E-state index in [-0.39, 0.29) is 0 Å². The molecule has 0 atom stereocenters. The van der Waals surface area contributed by atoms with Crippen LogP contribution in [0.2, 0.25) is 0 Å². The standard InChI is InChI=1S/C24H23N/c1-3-25(4-2)19-10-12-21-18(14-19)13-17-9-11-22-20-8-6-5-7-16(20)15-23(22)24(17)21/h5-12,14H,3-4,13,15H2,1-2H3. The van der Waals surface area contributed by atoms with Crippen LogP contribution >= 0.6 is 0 Å². The number of anilines is 1. The number of benzene rings is 3. The first-order valence-electron chi connectivity index (χ1n) is 9.41. The molecule has 3 aromatic carbocycles. The SMILES string of the molecule is CCN(CC)c1ccc2c(c1)Cc1ccc3c(c1-2)Cc1ccccc1-3. The van der Waals surface area contributed by atoms with E-state index in [1.165, 1.54) is 50.2 Å². The van der Waals surface area contributed by atoms with E-state index in [1.54, 1.807) is 0 Å². The van der Waals surface area contributed by atoms with E-state index in [0.717, 1.165) is 25.9 Å². The van der Waals surface area contributed by atoms with E-state index >= 15 is 0 Å². The quantitative estimate of drug-likeness (QED) is 0.413. The predicted octanol–water partition coefficient (Wildman–Crippen LogP) is 5.68. The molecule has 1 heteroatoms. The first-order valence-corrected chi connectivity index (χ1v) is 9.41. The molecule has 0 bridgehead atoms. The van der Waals surface area contributed by atoms with E-state index < -0.39 is 0 Å². The molecular formula is C24H23N.